The fourth-order valence-electron chi connectivity index (χ4n) is 3.57. The van der Waals surface area contributed by atoms with E-state index < -0.39 is 10.0 Å². The Bertz CT molecular complexity index is 1250. The van der Waals surface area contributed by atoms with E-state index in [9.17, 15) is 18.0 Å². The van der Waals surface area contributed by atoms with Gasteiger partial charge < -0.3 is 14.8 Å². The molecule has 0 aliphatic carbocycles. The molecule has 1 fully saturated rings. The van der Waals surface area contributed by atoms with Crippen molar-refractivity contribution in [3.05, 3.63) is 72.6 Å². The van der Waals surface area contributed by atoms with E-state index in [2.05, 4.69) is 10.3 Å². The maximum absolute atomic E-state index is 12.9. The van der Waals surface area contributed by atoms with Crippen LogP contribution in [0, 0.1) is 0 Å². The number of imidazole rings is 1. The third kappa shape index (κ3) is 5.49. The van der Waals surface area contributed by atoms with E-state index in [1.54, 1.807) is 65.7 Å². The van der Waals surface area contributed by atoms with Gasteiger partial charge in [0.15, 0.2) is 5.16 Å². The maximum atomic E-state index is 12.9. The second-order valence-electron chi connectivity index (χ2n) is 7.74. The van der Waals surface area contributed by atoms with Crippen LogP contribution in [0.4, 0.5) is 5.69 Å². The Morgan fingerprint density at radius 2 is 1.68 bits per heavy atom. The molecule has 9 nitrogen and oxygen atoms in total. The second-order valence-corrected chi connectivity index (χ2v) is 10.6. The zero-order valence-corrected chi connectivity index (χ0v) is 20.3. The van der Waals surface area contributed by atoms with E-state index in [1.807, 2.05) is 17.8 Å². The average Bonchev–Trinajstić information content (AvgIpc) is 3.28. The molecule has 2 aromatic carbocycles. The number of aromatic nitrogens is 2. The lowest BCUT2D eigenvalue weighted by molar-refractivity contribution is -0.113. The topological polar surface area (TPSA) is 105 Å². The quantitative estimate of drug-likeness (QED) is 0.500. The number of hydrogen-bond acceptors (Lipinski definition) is 6. The fourth-order valence-corrected chi connectivity index (χ4v) is 5.75. The highest BCUT2D eigenvalue weighted by molar-refractivity contribution is 7.99. The van der Waals surface area contributed by atoms with Crippen LogP contribution in [0.5, 0.6) is 0 Å². The molecule has 0 saturated carbocycles. The molecule has 2 heterocycles. The highest BCUT2D eigenvalue weighted by Crippen LogP contribution is 2.19. The number of hydrogen-bond donors (Lipinski definition) is 1. The van der Waals surface area contributed by atoms with Crippen molar-refractivity contribution in [3.63, 3.8) is 0 Å². The number of thioether (sulfide) groups is 1. The molecule has 0 radical (unpaired) electrons. The third-order valence-electron chi connectivity index (χ3n) is 5.43. The summed E-state index contributed by atoms with van der Waals surface area (Å²) in [5.41, 5.74) is 1.08. The lowest BCUT2D eigenvalue weighted by Gasteiger charge is -2.34. The molecule has 1 aliphatic rings. The number of piperazine rings is 1. The maximum Gasteiger partial charge on any atom is 0.253 e. The number of anilines is 1. The summed E-state index contributed by atoms with van der Waals surface area (Å²) in [7, 11) is -1.70. The number of rotatable bonds is 7. The summed E-state index contributed by atoms with van der Waals surface area (Å²) in [5.74, 6) is -0.107. The highest BCUT2D eigenvalue weighted by Gasteiger charge is 2.30. The zero-order chi connectivity index (χ0) is 24.1. The molecule has 4 rings (SSSR count). The second kappa shape index (κ2) is 10.4. The van der Waals surface area contributed by atoms with Crippen molar-refractivity contribution >= 4 is 39.3 Å². The van der Waals surface area contributed by atoms with Gasteiger partial charge in [0.1, 0.15) is 0 Å². The lowest BCUT2D eigenvalue weighted by Crippen LogP contribution is -2.50. The number of amides is 2. The van der Waals surface area contributed by atoms with E-state index in [0.29, 0.717) is 24.3 Å². The third-order valence-corrected chi connectivity index (χ3v) is 8.40. The molecule has 11 heteroatoms. The molecule has 2 amide bonds. The van der Waals surface area contributed by atoms with Crippen LogP contribution in [0.15, 0.2) is 77.0 Å². The highest BCUT2D eigenvalue weighted by atomic mass is 32.2. The lowest BCUT2D eigenvalue weighted by atomic mass is 10.1. The van der Waals surface area contributed by atoms with Crippen LogP contribution in [-0.4, -0.2) is 70.9 Å². The summed E-state index contributed by atoms with van der Waals surface area (Å²) in [6, 6.07) is 15.0. The van der Waals surface area contributed by atoms with Crippen molar-refractivity contribution in [2.75, 3.05) is 37.2 Å². The average molecular weight is 500 g/mol. The number of sulfonamides is 1. The number of benzene rings is 2. The van der Waals surface area contributed by atoms with E-state index >= 15 is 0 Å². The van der Waals surface area contributed by atoms with Crippen LogP contribution >= 0.6 is 11.8 Å². The van der Waals surface area contributed by atoms with Crippen molar-refractivity contribution < 1.29 is 18.0 Å². The van der Waals surface area contributed by atoms with Gasteiger partial charge in [-0.05, 0) is 36.4 Å². The molecular weight excluding hydrogens is 474 g/mol. The molecule has 0 spiro atoms. The molecular formula is C23H25N5O4S2. The van der Waals surface area contributed by atoms with Crippen molar-refractivity contribution in [1.29, 1.82) is 0 Å². The summed E-state index contributed by atoms with van der Waals surface area (Å²) >= 11 is 1.34. The van der Waals surface area contributed by atoms with Crippen molar-refractivity contribution in [1.82, 2.24) is 18.8 Å². The molecule has 0 atom stereocenters. The number of carbonyl (C=O) groups excluding carboxylic acids is 2. The normalized spacial score (nSPS) is 14.7. The van der Waals surface area contributed by atoms with Crippen molar-refractivity contribution in [2.45, 2.75) is 10.1 Å². The van der Waals surface area contributed by atoms with E-state index in [0.717, 1.165) is 5.16 Å². The first-order valence-corrected chi connectivity index (χ1v) is 13.1. The van der Waals surface area contributed by atoms with Gasteiger partial charge in [-0.3, -0.25) is 9.59 Å². The first kappa shape index (κ1) is 24.0. The monoisotopic (exact) mass is 499 g/mol. The summed E-state index contributed by atoms with van der Waals surface area (Å²) in [5, 5.41) is 3.57. The summed E-state index contributed by atoms with van der Waals surface area (Å²) in [6.45, 7) is 1.11. The molecule has 178 valence electrons. The largest absolute Gasteiger partial charge is 0.336 e. The van der Waals surface area contributed by atoms with Crippen molar-refractivity contribution in [2.24, 2.45) is 7.05 Å². The Morgan fingerprint density at radius 3 is 2.29 bits per heavy atom. The van der Waals surface area contributed by atoms with Gasteiger partial charge in [0.05, 0.1) is 10.6 Å². The number of aryl methyl sites for hydroxylation is 1. The van der Waals surface area contributed by atoms with Crippen LogP contribution in [0.2, 0.25) is 0 Å². The summed E-state index contributed by atoms with van der Waals surface area (Å²) in [6.07, 6.45) is 3.50. The minimum Gasteiger partial charge on any atom is -0.336 e. The van der Waals surface area contributed by atoms with Gasteiger partial charge in [-0.1, -0.05) is 30.0 Å². The Hall–Kier alpha value is -3.15. The first-order chi connectivity index (χ1) is 16.3. The molecule has 1 aromatic heterocycles. The van der Waals surface area contributed by atoms with Gasteiger partial charge in [-0.15, -0.1) is 0 Å². The number of nitrogens with one attached hydrogen (secondary N) is 1. The molecule has 1 N–H and O–H groups in total. The Labute approximate surface area is 202 Å². The van der Waals surface area contributed by atoms with Crippen LogP contribution in [0.3, 0.4) is 0 Å². The van der Waals surface area contributed by atoms with Crippen molar-refractivity contribution in [3.8, 4) is 0 Å². The minimum atomic E-state index is -3.57. The van der Waals surface area contributed by atoms with Gasteiger partial charge in [0.25, 0.3) is 5.91 Å². The predicted octanol–water partition coefficient (Wildman–Crippen LogP) is 2.30. The van der Waals surface area contributed by atoms with Crippen LogP contribution in [0.25, 0.3) is 0 Å². The molecule has 34 heavy (non-hydrogen) atoms. The van der Waals surface area contributed by atoms with E-state index in [1.165, 1.54) is 16.1 Å². The molecule has 3 aromatic rings. The Morgan fingerprint density at radius 1 is 1.00 bits per heavy atom. The number of carbonyl (C=O) groups is 2. The van der Waals surface area contributed by atoms with Gasteiger partial charge in [0.2, 0.25) is 15.9 Å². The number of nitrogens with zero attached hydrogens (tertiary/aromatic N) is 4. The SMILES string of the molecule is Cn1ccnc1SCC(=O)Nc1ccc(C(=O)N2CCN(S(=O)(=O)c3ccccc3)CC2)cc1. The zero-order valence-electron chi connectivity index (χ0n) is 18.6. The van der Waals surface area contributed by atoms with Crippen LogP contribution < -0.4 is 5.32 Å². The smallest absolute Gasteiger partial charge is 0.253 e. The molecule has 1 aliphatic heterocycles. The molecule has 1 saturated heterocycles. The molecule has 0 unspecified atom stereocenters. The van der Waals surface area contributed by atoms with Gasteiger partial charge >= 0.3 is 0 Å². The van der Waals surface area contributed by atoms with Gasteiger partial charge in [-0.25, -0.2) is 13.4 Å². The van der Waals surface area contributed by atoms with Crippen LogP contribution in [-0.2, 0) is 21.9 Å². The van der Waals surface area contributed by atoms with Gasteiger partial charge in [0, 0.05) is 56.9 Å². The minimum absolute atomic E-state index is 0.164. The standard InChI is InChI=1S/C23H25N5O4S2/c1-26-12-11-24-23(26)33-17-21(29)25-19-9-7-18(8-10-19)22(30)27-13-15-28(16-14-27)34(31,32)20-5-3-2-4-6-20/h2-12H,13-17H2,1H3,(H,25,29). The first-order valence-electron chi connectivity index (χ1n) is 10.7. The fraction of sp³-hybridized carbons (Fsp3) is 0.261. The van der Waals surface area contributed by atoms with Gasteiger partial charge in [-0.2, -0.15) is 4.31 Å². The summed E-state index contributed by atoms with van der Waals surface area (Å²) in [4.78, 5) is 31.2. The Balaban J connectivity index is 1.29. The van der Waals surface area contributed by atoms with Crippen LogP contribution in [0.1, 0.15) is 10.4 Å². The molecule has 0 bridgehead atoms. The predicted molar refractivity (Wildman–Crippen MR) is 130 cm³/mol. The summed E-state index contributed by atoms with van der Waals surface area (Å²) < 4.78 is 28.8. The van der Waals surface area contributed by atoms with E-state index in [4.69, 9.17) is 0 Å². The Kier molecular flexibility index (Phi) is 7.35. The van der Waals surface area contributed by atoms with E-state index in [-0.39, 0.29) is 35.6 Å².